The van der Waals surface area contributed by atoms with E-state index in [2.05, 4.69) is 32.5 Å². The van der Waals surface area contributed by atoms with Crippen LogP contribution in [0.5, 0.6) is 6.01 Å². The van der Waals surface area contributed by atoms with Crippen molar-refractivity contribution < 1.29 is 9.84 Å². The lowest BCUT2D eigenvalue weighted by Crippen LogP contribution is -2.42. The topological polar surface area (TPSA) is 92.2 Å². The molecular weight excluding hydrogens is 270 g/mol. The molecule has 1 aromatic rings. The molecule has 0 saturated carbocycles. The van der Waals surface area contributed by atoms with Crippen molar-refractivity contribution in [3.05, 3.63) is 0 Å². The van der Waals surface area contributed by atoms with Crippen LogP contribution in [0.3, 0.4) is 0 Å². The van der Waals surface area contributed by atoms with Crippen LogP contribution in [0.2, 0.25) is 0 Å². The van der Waals surface area contributed by atoms with Crippen LogP contribution in [0.4, 0.5) is 11.9 Å². The van der Waals surface area contributed by atoms with Gasteiger partial charge in [-0.05, 0) is 33.6 Å². The molecule has 1 heterocycles. The first-order valence-corrected chi connectivity index (χ1v) is 7.48. The van der Waals surface area contributed by atoms with Crippen molar-refractivity contribution in [3.8, 4) is 6.01 Å². The number of aliphatic hydroxyl groups is 1. The van der Waals surface area contributed by atoms with Crippen molar-refractivity contribution in [3.63, 3.8) is 0 Å². The van der Waals surface area contributed by atoms with Gasteiger partial charge in [0.15, 0.2) is 0 Å². The van der Waals surface area contributed by atoms with E-state index in [4.69, 9.17) is 4.74 Å². The third kappa shape index (κ3) is 5.71. The Morgan fingerprint density at radius 1 is 1.14 bits per heavy atom. The van der Waals surface area contributed by atoms with Crippen LogP contribution in [0.25, 0.3) is 0 Å². The molecule has 0 fully saturated rings. The summed E-state index contributed by atoms with van der Waals surface area (Å²) in [6, 6.07) is 0.286. The Labute approximate surface area is 126 Å². The SMILES string of the molecule is CCCNc1nc(NC(C)(C)C(C)O)nc(OCCC)n1. The van der Waals surface area contributed by atoms with Crippen LogP contribution >= 0.6 is 0 Å². The van der Waals surface area contributed by atoms with Gasteiger partial charge >= 0.3 is 6.01 Å². The number of aromatic nitrogens is 3. The fraction of sp³-hybridized carbons (Fsp3) is 0.786. The Balaban J connectivity index is 2.94. The molecule has 0 amide bonds. The number of nitrogens with one attached hydrogen (secondary N) is 2. The quantitative estimate of drug-likeness (QED) is 0.642. The predicted octanol–water partition coefficient (Wildman–Crippen LogP) is 2.05. The summed E-state index contributed by atoms with van der Waals surface area (Å²) in [5.41, 5.74) is -0.550. The van der Waals surface area contributed by atoms with E-state index in [1.54, 1.807) is 6.92 Å². The smallest absolute Gasteiger partial charge is 0.323 e. The van der Waals surface area contributed by atoms with Gasteiger partial charge in [-0.3, -0.25) is 0 Å². The minimum atomic E-state index is -0.554. The second kappa shape index (κ2) is 7.97. The first-order chi connectivity index (χ1) is 9.89. The van der Waals surface area contributed by atoms with E-state index in [1.165, 1.54) is 0 Å². The predicted molar refractivity (Wildman–Crippen MR) is 83.8 cm³/mol. The normalized spacial score (nSPS) is 12.9. The highest BCUT2D eigenvalue weighted by Crippen LogP contribution is 2.18. The summed E-state index contributed by atoms with van der Waals surface area (Å²) in [5.74, 6) is 0.863. The zero-order chi connectivity index (χ0) is 15.9. The van der Waals surface area contributed by atoms with Gasteiger partial charge in [0, 0.05) is 6.54 Å². The number of hydrogen-bond acceptors (Lipinski definition) is 7. The molecule has 0 aliphatic carbocycles. The highest BCUT2D eigenvalue weighted by Gasteiger charge is 2.25. The second-order valence-electron chi connectivity index (χ2n) is 5.56. The third-order valence-corrected chi connectivity index (χ3v) is 3.06. The summed E-state index contributed by atoms with van der Waals surface area (Å²) in [7, 11) is 0. The van der Waals surface area contributed by atoms with Crippen LogP contribution in [-0.4, -0.2) is 44.9 Å². The van der Waals surface area contributed by atoms with Crippen molar-refractivity contribution in [1.29, 1.82) is 0 Å². The van der Waals surface area contributed by atoms with Crippen molar-refractivity contribution in [2.45, 2.75) is 59.1 Å². The lowest BCUT2D eigenvalue weighted by molar-refractivity contribution is 0.132. The van der Waals surface area contributed by atoms with Gasteiger partial charge in [0.1, 0.15) is 0 Å². The molecule has 0 spiro atoms. The molecule has 1 unspecified atom stereocenters. The lowest BCUT2D eigenvalue weighted by Gasteiger charge is -2.29. The summed E-state index contributed by atoms with van der Waals surface area (Å²) in [5, 5.41) is 16.0. The molecule has 7 nitrogen and oxygen atoms in total. The molecule has 0 radical (unpaired) electrons. The van der Waals surface area contributed by atoms with Gasteiger partial charge in [-0.25, -0.2) is 0 Å². The van der Waals surface area contributed by atoms with Crippen LogP contribution in [0.15, 0.2) is 0 Å². The van der Waals surface area contributed by atoms with E-state index in [-0.39, 0.29) is 6.01 Å². The fourth-order valence-corrected chi connectivity index (χ4v) is 1.38. The standard InChI is InChI=1S/C14H27N5O2/c1-6-8-15-11-16-12(19-14(4,5)10(3)20)18-13(17-11)21-9-7-2/h10,20H,6-9H2,1-5H3,(H2,15,16,17,18,19). The molecule has 120 valence electrons. The van der Waals surface area contributed by atoms with Gasteiger partial charge in [-0.1, -0.05) is 13.8 Å². The first-order valence-electron chi connectivity index (χ1n) is 7.48. The van der Waals surface area contributed by atoms with Crippen LogP contribution in [-0.2, 0) is 0 Å². The Bertz CT molecular complexity index is 411. The van der Waals surface area contributed by atoms with Crippen LogP contribution in [0.1, 0.15) is 47.5 Å². The van der Waals surface area contributed by atoms with Crippen molar-refractivity contribution in [2.24, 2.45) is 0 Å². The summed E-state index contributed by atoms with van der Waals surface area (Å²) in [6.07, 6.45) is 1.30. The Morgan fingerprint density at radius 2 is 1.81 bits per heavy atom. The Hall–Kier alpha value is -1.63. The average Bonchev–Trinajstić information content (AvgIpc) is 2.42. The van der Waals surface area contributed by atoms with Crippen molar-refractivity contribution in [2.75, 3.05) is 23.8 Å². The van der Waals surface area contributed by atoms with Gasteiger partial charge in [0.05, 0.1) is 18.2 Å². The summed E-state index contributed by atoms with van der Waals surface area (Å²) in [6.45, 7) is 10.9. The molecule has 0 bridgehead atoms. The fourth-order valence-electron chi connectivity index (χ4n) is 1.38. The maximum absolute atomic E-state index is 9.78. The van der Waals surface area contributed by atoms with Gasteiger partial charge in [-0.15, -0.1) is 0 Å². The molecule has 1 atom stereocenters. The summed E-state index contributed by atoms with van der Waals surface area (Å²) in [4.78, 5) is 12.8. The van der Waals surface area contributed by atoms with E-state index in [9.17, 15) is 5.11 Å². The molecule has 1 rings (SSSR count). The van der Waals surface area contributed by atoms with Crippen molar-refractivity contribution >= 4 is 11.9 Å². The number of hydrogen-bond donors (Lipinski definition) is 3. The van der Waals surface area contributed by atoms with E-state index < -0.39 is 11.6 Å². The van der Waals surface area contributed by atoms with E-state index in [1.807, 2.05) is 20.8 Å². The molecule has 21 heavy (non-hydrogen) atoms. The summed E-state index contributed by atoms with van der Waals surface area (Å²) >= 11 is 0. The highest BCUT2D eigenvalue weighted by atomic mass is 16.5. The molecule has 0 aromatic carbocycles. The lowest BCUT2D eigenvalue weighted by atomic mass is 9.99. The maximum atomic E-state index is 9.78. The number of nitrogens with zero attached hydrogens (tertiary/aromatic N) is 3. The highest BCUT2D eigenvalue weighted by molar-refractivity contribution is 5.38. The molecule has 0 saturated heterocycles. The van der Waals surface area contributed by atoms with Gasteiger partial charge < -0.3 is 20.5 Å². The Morgan fingerprint density at radius 3 is 2.38 bits per heavy atom. The molecule has 0 aliphatic rings. The number of ether oxygens (including phenoxy) is 1. The molecule has 7 heteroatoms. The maximum Gasteiger partial charge on any atom is 0.323 e. The third-order valence-electron chi connectivity index (χ3n) is 3.06. The molecule has 0 aliphatic heterocycles. The number of anilines is 2. The Kier molecular flexibility index (Phi) is 6.61. The zero-order valence-electron chi connectivity index (χ0n) is 13.6. The molecular formula is C14H27N5O2. The number of rotatable bonds is 9. The van der Waals surface area contributed by atoms with E-state index in [0.29, 0.717) is 18.5 Å². The monoisotopic (exact) mass is 297 g/mol. The first kappa shape index (κ1) is 17.4. The zero-order valence-corrected chi connectivity index (χ0v) is 13.6. The molecule has 3 N–H and O–H groups in total. The van der Waals surface area contributed by atoms with Gasteiger partial charge in [-0.2, -0.15) is 15.0 Å². The average molecular weight is 297 g/mol. The second-order valence-corrected chi connectivity index (χ2v) is 5.56. The van der Waals surface area contributed by atoms with E-state index in [0.717, 1.165) is 19.4 Å². The van der Waals surface area contributed by atoms with Gasteiger partial charge in [0.25, 0.3) is 0 Å². The van der Waals surface area contributed by atoms with Crippen LogP contribution in [0, 0.1) is 0 Å². The van der Waals surface area contributed by atoms with Gasteiger partial charge in [0.2, 0.25) is 11.9 Å². The van der Waals surface area contributed by atoms with Crippen molar-refractivity contribution in [1.82, 2.24) is 15.0 Å². The minimum absolute atomic E-state index is 0.286. The van der Waals surface area contributed by atoms with Crippen LogP contribution < -0.4 is 15.4 Å². The molecule has 1 aromatic heterocycles. The number of aliphatic hydroxyl groups excluding tert-OH is 1. The minimum Gasteiger partial charge on any atom is -0.463 e. The largest absolute Gasteiger partial charge is 0.463 e. The summed E-state index contributed by atoms with van der Waals surface area (Å²) < 4.78 is 5.49. The van der Waals surface area contributed by atoms with E-state index >= 15 is 0 Å².